The van der Waals surface area contributed by atoms with Crippen LogP contribution in [0.2, 0.25) is 0 Å². The molecule has 5 heteroatoms. The first-order valence-electron chi connectivity index (χ1n) is 8.45. The Labute approximate surface area is 145 Å². The van der Waals surface area contributed by atoms with E-state index in [1.54, 1.807) is 0 Å². The predicted molar refractivity (Wildman–Crippen MR) is 96.7 cm³/mol. The van der Waals surface area contributed by atoms with E-state index in [1.165, 1.54) is 11.1 Å². The summed E-state index contributed by atoms with van der Waals surface area (Å²) in [6.45, 7) is 1.74. The number of para-hydroxylation sites is 1. The van der Waals surface area contributed by atoms with E-state index in [4.69, 9.17) is 4.98 Å². The number of fused-ring (bicyclic) bond motifs is 2. The minimum absolute atomic E-state index is 0.284. The van der Waals surface area contributed by atoms with Gasteiger partial charge in [0, 0.05) is 19.0 Å². The largest absolute Gasteiger partial charge is 0.312 e. The second-order valence-electron chi connectivity index (χ2n) is 6.32. The number of rotatable bonds is 2. The van der Waals surface area contributed by atoms with Gasteiger partial charge in [-0.25, -0.2) is 4.68 Å². The highest BCUT2D eigenvalue weighted by atomic mass is 15.4. The first kappa shape index (κ1) is 14.3. The van der Waals surface area contributed by atoms with Crippen molar-refractivity contribution in [1.82, 2.24) is 25.3 Å². The maximum absolute atomic E-state index is 4.81. The zero-order chi connectivity index (χ0) is 16.6. The molecular formula is C20H17N5. The number of pyridine rings is 1. The lowest BCUT2D eigenvalue weighted by atomic mass is 9.89. The molecule has 5 rings (SSSR count). The minimum Gasteiger partial charge on any atom is -0.312 e. The molecule has 4 aromatic rings. The highest BCUT2D eigenvalue weighted by Gasteiger charge is 2.23. The molecular weight excluding hydrogens is 310 g/mol. The van der Waals surface area contributed by atoms with Crippen molar-refractivity contribution in [2.75, 3.05) is 6.54 Å². The summed E-state index contributed by atoms with van der Waals surface area (Å²) in [5.41, 5.74) is 6.49. The van der Waals surface area contributed by atoms with Gasteiger partial charge in [-0.3, -0.25) is 4.98 Å². The molecule has 2 aromatic carbocycles. The molecule has 1 atom stereocenters. The van der Waals surface area contributed by atoms with Crippen LogP contribution in [0.25, 0.3) is 16.7 Å². The summed E-state index contributed by atoms with van der Waals surface area (Å²) in [4.78, 5) is 4.81. The summed E-state index contributed by atoms with van der Waals surface area (Å²) in [5.74, 6) is 0.284. The van der Waals surface area contributed by atoms with Gasteiger partial charge in [0.25, 0.3) is 0 Å². The first-order valence-corrected chi connectivity index (χ1v) is 8.45. The smallest absolute Gasteiger partial charge is 0.113 e. The van der Waals surface area contributed by atoms with Crippen molar-refractivity contribution in [2.45, 2.75) is 12.5 Å². The SMILES string of the molecule is c1ccc(C2CNCc3cc(-n4nnc5ccccc54)cnc32)cc1. The van der Waals surface area contributed by atoms with E-state index in [0.29, 0.717) is 0 Å². The molecule has 0 bridgehead atoms. The molecule has 0 saturated heterocycles. The van der Waals surface area contributed by atoms with Crippen molar-refractivity contribution in [3.05, 3.63) is 83.7 Å². The van der Waals surface area contributed by atoms with Gasteiger partial charge in [-0.2, -0.15) is 0 Å². The fourth-order valence-corrected chi connectivity index (χ4v) is 3.55. The zero-order valence-corrected chi connectivity index (χ0v) is 13.6. The third-order valence-corrected chi connectivity index (χ3v) is 4.78. The van der Waals surface area contributed by atoms with Crippen LogP contribution in [0.4, 0.5) is 0 Å². The van der Waals surface area contributed by atoms with E-state index in [0.717, 1.165) is 35.5 Å². The van der Waals surface area contributed by atoms with Crippen molar-refractivity contribution in [3.8, 4) is 5.69 Å². The quantitative estimate of drug-likeness (QED) is 0.615. The van der Waals surface area contributed by atoms with Crippen LogP contribution in [-0.2, 0) is 6.54 Å². The molecule has 0 amide bonds. The molecule has 1 aliphatic rings. The number of benzene rings is 2. The van der Waals surface area contributed by atoms with Gasteiger partial charge in [0.05, 0.1) is 23.1 Å². The number of nitrogens with zero attached hydrogens (tertiary/aromatic N) is 4. The van der Waals surface area contributed by atoms with Crippen molar-refractivity contribution in [3.63, 3.8) is 0 Å². The van der Waals surface area contributed by atoms with Gasteiger partial charge in [0.1, 0.15) is 5.52 Å². The van der Waals surface area contributed by atoms with E-state index >= 15 is 0 Å². The molecule has 0 radical (unpaired) electrons. The number of aromatic nitrogens is 4. The normalized spacial score (nSPS) is 16.7. The fourth-order valence-electron chi connectivity index (χ4n) is 3.55. The van der Waals surface area contributed by atoms with Crippen LogP contribution in [0.15, 0.2) is 66.9 Å². The second-order valence-corrected chi connectivity index (χ2v) is 6.32. The van der Waals surface area contributed by atoms with Gasteiger partial charge in [-0.15, -0.1) is 5.10 Å². The van der Waals surface area contributed by atoms with Crippen LogP contribution < -0.4 is 5.32 Å². The number of nitrogens with one attached hydrogen (secondary N) is 1. The Morgan fingerprint density at radius 1 is 1.00 bits per heavy atom. The van der Waals surface area contributed by atoms with E-state index in [9.17, 15) is 0 Å². The second kappa shape index (κ2) is 5.79. The molecule has 3 heterocycles. The fraction of sp³-hybridized carbons (Fsp3) is 0.150. The topological polar surface area (TPSA) is 55.6 Å². The number of hydrogen-bond acceptors (Lipinski definition) is 4. The maximum atomic E-state index is 4.81. The highest BCUT2D eigenvalue weighted by molar-refractivity contribution is 5.75. The summed E-state index contributed by atoms with van der Waals surface area (Å²) < 4.78 is 1.86. The summed E-state index contributed by atoms with van der Waals surface area (Å²) in [7, 11) is 0. The van der Waals surface area contributed by atoms with Gasteiger partial charge >= 0.3 is 0 Å². The van der Waals surface area contributed by atoms with E-state index in [-0.39, 0.29) is 5.92 Å². The van der Waals surface area contributed by atoms with Gasteiger partial charge in [-0.05, 0) is 29.3 Å². The third-order valence-electron chi connectivity index (χ3n) is 4.78. The average molecular weight is 327 g/mol. The summed E-state index contributed by atoms with van der Waals surface area (Å²) >= 11 is 0. The van der Waals surface area contributed by atoms with Gasteiger partial charge in [0.15, 0.2) is 0 Å². The first-order chi connectivity index (χ1) is 12.4. The molecule has 2 aromatic heterocycles. The highest BCUT2D eigenvalue weighted by Crippen LogP contribution is 2.29. The molecule has 0 fully saturated rings. The lowest BCUT2D eigenvalue weighted by Gasteiger charge is -2.26. The van der Waals surface area contributed by atoms with Gasteiger partial charge in [-0.1, -0.05) is 47.7 Å². The lowest BCUT2D eigenvalue weighted by molar-refractivity contribution is 0.576. The molecule has 1 N–H and O–H groups in total. The van der Waals surface area contributed by atoms with E-state index in [1.807, 2.05) is 41.2 Å². The maximum Gasteiger partial charge on any atom is 0.113 e. The summed E-state index contributed by atoms with van der Waals surface area (Å²) in [6.07, 6.45) is 1.90. The molecule has 0 spiro atoms. The van der Waals surface area contributed by atoms with Crippen LogP contribution >= 0.6 is 0 Å². The predicted octanol–water partition coefficient (Wildman–Crippen LogP) is 3.05. The molecule has 25 heavy (non-hydrogen) atoms. The molecule has 122 valence electrons. The Morgan fingerprint density at radius 3 is 2.76 bits per heavy atom. The van der Waals surface area contributed by atoms with Crippen molar-refractivity contribution in [2.24, 2.45) is 0 Å². The van der Waals surface area contributed by atoms with E-state index in [2.05, 4.69) is 46.0 Å². The van der Waals surface area contributed by atoms with Crippen molar-refractivity contribution in [1.29, 1.82) is 0 Å². The molecule has 0 aliphatic carbocycles. The van der Waals surface area contributed by atoms with Crippen molar-refractivity contribution >= 4 is 11.0 Å². The van der Waals surface area contributed by atoms with Crippen molar-refractivity contribution < 1.29 is 0 Å². The molecule has 1 unspecified atom stereocenters. The number of hydrogen-bond donors (Lipinski definition) is 1. The Hall–Kier alpha value is -3.05. The third kappa shape index (κ3) is 2.40. The van der Waals surface area contributed by atoms with Crippen LogP contribution in [0.3, 0.4) is 0 Å². The van der Waals surface area contributed by atoms with Crippen LogP contribution in [0.1, 0.15) is 22.7 Å². The Kier molecular flexibility index (Phi) is 3.31. The Morgan fingerprint density at radius 2 is 1.84 bits per heavy atom. The molecule has 1 aliphatic heterocycles. The molecule has 0 saturated carbocycles. The lowest BCUT2D eigenvalue weighted by Crippen LogP contribution is -2.30. The Balaban J connectivity index is 1.60. The summed E-state index contributed by atoms with van der Waals surface area (Å²) in [5, 5.41) is 12.1. The van der Waals surface area contributed by atoms with Crippen LogP contribution in [-0.4, -0.2) is 26.5 Å². The minimum atomic E-state index is 0.284. The van der Waals surface area contributed by atoms with Crippen LogP contribution in [0, 0.1) is 0 Å². The summed E-state index contributed by atoms with van der Waals surface area (Å²) in [6, 6.07) is 20.7. The van der Waals surface area contributed by atoms with Gasteiger partial charge in [0.2, 0.25) is 0 Å². The zero-order valence-electron chi connectivity index (χ0n) is 13.6. The Bertz CT molecular complexity index is 1040. The standard InChI is InChI=1S/C20H17N5/c1-2-6-14(7-3-1)17-13-21-11-15-10-16(12-22-20(15)17)25-19-9-5-4-8-18(19)23-24-25/h1-10,12,17,21H,11,13H2. The van der Waals surface area contributed by atoms with E-state index < -0.39 is 0 Å². The molecule has 5 nitrogen and oxygen atoms in total. The average Bonchev–Trinajstić information content (AvgIpc) is 3.12. The van der Waals surface area contributed by atoms with Crippen LogP contribution in [0.5, 0.6) is 0 Å². The monoisotopic (exact) mass is 327 g/mol. The van der Waals surface area contributed by atoms with Gasteiger partial charge < -0.3 is 5.32 Å².